The Morgan fingerprint density at radius 3 is 2.72 bits per heavy atom. The van der Waals surface area contributed by atoms with Gasteiger partial charge in [-0.15, -0.1) is 0 Å². The number of hydrogen-bond donors (Lipinski definition) is 1. The van der Waals surface area contributed by atoms with Gasteiger partial charge in [-0.3, -0.25) is 0 Å². The van der Waals surface area contributed by atoms with Crippen LogP contribution in [-0.4, -0.2) is 5.11 Å². The lowest BCUT2D eigenvalue weighted by molar-refractivity contribution is 0.454. The molecule has 2 rings (SSSR count). The summed E-state index contributed by atoms with van der Waals surface area (Å²) in [5.41, 5.74) is 0.435. The number of rotatable bonds is 5. The molecule has 1 aromatic carbocycles. The van der Waals surface area contributed by atoms with Gasteiger partial charge in [-0.25, -0.2) is 4.79 Å². The van der Waals surface area contributed by atoms with Crippen LogP contribution >= 0.6 is 0 Å². The Bertz CT molecular complexity index is 584. The van der Waals surface area contributed by atoms with Gasteiger partial charge in [0.2, 0.25) is 0 Å². The molecular weight excluding hydrogens is 228 g/mol. The maximum absolute atomic E-state index is 11.8. The lowest BCUT2D eigenvalue weighted by atomic mass is 10.1. The molecular formula is C15H18O3. The normalized spacial score (nSPS) is 10.9. The molecule has 1 aromatic heterocycles. The lowest BCUT2D eigenvalue weighted by Crippen LogP contribution is -2.07. The Kier molecular flexibility index (Phi) is 4.03. The summed E-state index contributed by atoms with van der Waals surface area (Å²) >= 11 is 0. The largest absolute Gasteiger partial charge is 0.507 e. The number of unbranched alkanes of at least 4 members (excludes halogenated alkanes) is 3. The number of para-hydroxylation sites is 1. The Labute approximate surface area is 106 Å². The first-order chi connectivity index (χ1) is 8.74. The molecule has 3 heteroatoms. The van der Waals surface area contributed by atoms with E-state index in [1.807, 2.05) is 6.07 Å². The molecule has 0 radical (unpaired) electrons. The van der Waals surface area contributed by atoms with Gasteiger partial charge in [-0.2, -0.15) is 0 Å². The van der Waals surface area contributed by atoms with Crippen molar-refractivity contribution in [2.45, 2.75) is 39.0 Å². The summed E-state index contributed by atoms with van der Waals surface area (Å²) in [6, 6.07) is 7.06. The molecule has 0 amide bonds. The predicted octanol–water partition coefficient (Wildman–Crippen LogP) is 3.62. The first-order valence-corrected chi connectivity index (χ1v) is 6.47. The molecule has 0 aliphatic heterocycles. The van der Waals surface area contributed by atoms with Crippen molar-refractivity contribution in [3.63, 3.8) is 0 Å². The number of fused-ring (bicyclic) bond motifs is 1. The molecule has 2 aromatic rings. The van der Waals surface area contributed by atoms with Gasteiger partial charge in [0.05, 0.1) is 10.9 Å². The predicted molar refractivity (Wildman–Crippen MR) is 72.0 cm³/mol. The van der Waals surface area contributed by atoms with E-state index >= 15 is 0 Å². The molecule has 0 aliphatic rings. The highest BCUT2D eigenvalue weighted by atomic mass is 16.4. The monoisotopic (exact) mass is 246 g/mol. The molecule has 0 aliphatic carbocycles. The zero-order chi connectivity index (χ0) is 13.0. The molecule has 1 N–H and O–H groups in total. The topological polar surface area (TPSA) is 50.4 Å². The average molecular weight is 246 g/mol. The highest BCUT2D eigenvalue weighted by Gasteiger charge is 2.12. The Morgan fingerprint density at radius 2 is 1.94 bits per heavy atom. The molecule has 0 saturated heterocycles. The van der Waals surface area contributed by atoms with Crippen molar-refractivity contribution < 1.29 is 9.52 Å². The summed E-state index contributed by atoms with van der Waals surface area (Å²) in [5.74, 6) is 0.0818. The third kappa shape index (κ3) is 2.55. The maximum Gasteiger partial charge on any atom is 0.343 e. The summed E-state index contributed by atoms with van der Waals surface area (Å²) in [5, 5.41) is 10.7. The van der Waals surface area contributed by atoms with E-state index in [0.29, 0.717) is 23.0 Å². The van der Waals surface area contributed by atoms with Crippen molar-refractivity contribution in [3.05, 3.63) is 40.2 Å². The van der Waals surface area contributed by atoms with Gasteiger partial charge in [0.1, 0.15) is 11.3 Å². The summed E-state index contributed by atoms with van der Waals surface area (Å²) < 4.78 is 5.22. The Balaban J connectivity index is 2.30. The van der Waals surface area contributed by atoms with E-state index in [-0.39, 0.29) is 5.75 Å². The van der Waals surface area contributed by atoms with Crippen LogP contribution in [0, 0.1) is 0 Å². The quantitative estimate of drug-likeness (QED) is 0.647. The van der Waals surface area contributed by atoms with Crippen LogP contribution in [0.25, 0.3) is 11.0 Å². The summed E-state index contributed by atoms with van der Waals surface area (Å²) in [6.07, 6.45) is 4.86. The zero-order valence-electron chi connectivity index (χ0n) is 10.6. The highest BCUT2D eigenvalue weighted by Crippen LogP contribution is 2.26. The fourth-order valence-corrected chi connectivity index (χ4v) is 2.12. The standard InChI is InChI=1S/C15H18O3/c1-2-3-4-5-9-12-14(16)11-8-6-7-10-13(11)18-15(12)17/h6-8,10,16H,2-5,9H2,1H3. The maximum atomic E-state index is 11.8. The smallest absolute Gasteiger partial charge is 0.343 e. The second-order valence-electron chi connectivity index (χ2n) is 4.52. The average Bonchev–Trinajstić information content (AvgIpc) is 2.38. The minimum Gasteiger partial charge on any atom is -0.507 e. The van der Waals surface area contributed by atoms with Gasteiger partial charge in [0.15, 0.2) is 0 Å². The number of aromatic hydroxyl groups is 1. The van der Waals surface area contributed by atoms with E-state index in [4.69, 9.17) is 4.42 Å². The molecule has 18 heavy (non-hydrogen) atoms. The van der Waals surface area contributed by atoms with Gasteiger partial charge in [-0.05, 0) is 25.0 Å². The van der Waals surface area contributed by atoms with Crippen LogP contribution in [-0.2, 0) is 6.42 Å². The summed E-state index contributed by atoms with van der Waals surface area (Å²) in [7, 11) is 0. The molecule has 1 heterocycles. The third-order valence-corrected chi connectivity index (χ3v) is 3.16. The lowest BCUT2D eigenvalue weighted by Gasteiger charge is -2.05. The minimum absolute atomic E-state index is 0.0818. The van der Waals surface area contributed by atoms with Crippen molar-refractivity contribution in [2.75, 3.05) is 0 Å². The van der Waals surface area contributed by atoms with Crippen LogP contribution in [0.4, 0.5) is 0 Å². The van der Waals surface area contributed by atoms with Crippen LogP contribution in [0.2, 0.25) is 0 Å². The van der Waals surface area contributed by atoms with Crippen LogP contribution in [0.5, 0.6) is 5.75 Å². The van der Waals surface area contributed by atoms with Crippen molar-refractivity contribution in [1.29, 1.82) is 0 Å². The van der Waals surface area contributed by atoms with Crippen molar-refractivity contribution in [1.82, 2.24) is 0 Å². The van der Waals surface area contributed by atoms with E-state index in [2.05, 4.69) is 6.92 Å². The first kappa shape index (κ1) is 12.7. The molecule has 0 bridgehead atoms. The van der Waals surface area contributed by atoms with E-state index in [1.165, 1.54) is 0 Å². The van der Waals surface area contributed by atoms with Crippen molar-refractivity contribution in [2.24, 2.45) is 0 Å². The van der Waals surface area contributed by atoms with E-state index in [9.17, 15) is 9.90 Å². The number of benzene rings is 1. The second kappa shape index (κ2) is 5.71. The van der Waals surface area contributed by atoms with Crippen molar-refractivity contribution in [3.8, 4) is 5.75 Å². The Morgan fingerprint density at radius 1 is 1.17 bits per heavy atom. The van der Waals surface area contributed by atoms with E-state index < -0.39 is 5.63 Å². The molecule has 0 spiro atoms. The molecule has 0 fully saturated rings. The van der Waals surface area contributed by atoms with Crippen LogP contribution in [0.1, 0.15) is 38.2 Å². The SMILES string of the molecule is CCCCCCc1c(O)c2ccccc2oc1=O. The first-order valence-electron chi connectivity index (χ1n) is 6.47. The molecule has 96 valence electrons. The van der Waals surface area contributed by atoms with Crippen molar-refractivity contribution >= 4 is 11.0 Å². The summed E-state index contributed by atoms with van der Waals surface area (Å²) in [4.78, 5) is 11.8. The van der Waals surface area contributed by atoms with Gasteiger partial charge in [0.25, 0.3) is 0 Å². The van der Waals surface area contributed by atoms with E-state index in [1.54, 1.807) is 18.2 Å². The van der Waals surface area contributed by atoms with Crippen LogP contribution < -0.4 is 5.63 Å². The number of hydrogen-bond acceptors (Lipinski definition) is 3. The van der Waals surface area contributed by atoms with Crippen LogP contribution in [0.15, 0.2) is 33.5 Å². The van der Waals surface area contributed by atoms with Gasteiger partial charge < -0.3 is 9.52 Å². The fraction of sp³-hybridized carbons (Fsp3) is 0.400. The van der Waals surface area contributed by atoms with Gasteiger partial charge in [-0.1, -0.05) is 38.3 Å². The highest BCUT2D eigenvalue weighted by molar-refractivity contribution is 5.83. The summed E-state index contributed by atoms with van der Waals surface area (Å²) in [6.45, 7) is 2.14. The molecule has 3 nitrogen and oxygen atoms in total. The Hall–Kier alpha value is -1.77. The molecule has 0 saturated carbocycles. The fourth-order valence-electron chi connectivity index (χ4n) is 2.12. The van der Waals surface area contributed by atoms with Crippen LogP contribution in [0.3, 0.4) is 0 Å². The van der Waals surface area contributed by atoms with Gasteiger partial charge in [0, 0.05) is 0 Å². The zero-order valence-corrected chi connectivity index (χ0v) is 10.6. The second-order valence-corrected chi connectivity index (χ2v) is 4.52. The van der Waals surface area contributed by atoms with Gasteiger partial charge >= 0.3 is 5.63 Å². The minimum atomic E-state index is -0.414. The molecule has 0 atom stereocenters. The third-order valence-electron chi connectivity index (χ3n) is 3.16. The van der Waals surface area contributed by atoms with E-state index in [0.717, 1.165) is 25.7 Å². The molecule has 0 unspecified atom stereocenters.